The Morgan fingerprint density at radius 3 is 2.52 bits per heavy atom. The summed E-state index contributed by atoms with van der Waals surface area (Å²) in [4.78, 5) is 25.6. The molecule has 1 heterocycles. The average Bonchev–Trinajstić information content (AvgIpc) is 3.12. The quantitative estimate of drug-likeness (QED) is 0.478. The van der Waals surface area contributed by atoms with E-state index in [4.69, 9.17) is 13.9 Å². The zero-order chi connectivity index (χ0) is 22.5. The van der Waals surface area contributed by atoms with Crippen molar-refractivity contribution in [3.63, 3.8) is 0 Å². The summed E-state index contributed by atoms with van der Waals surface area (Å²) in [7, 11) is 0. The van der Waals surface area contributed by atoms with Crippen LogP contribution in [0.1, 0.15) is 60.9 Å². The Bertz CT molecular complexity index is 1080. The van der Waals surface area contributed by atoms with E-state index in [2.05, 4.69) is 19.2 Å². The molecule has 0 aliphatic rings. The number of hydrogen-bond acceptors (Lipinski definition) is 5. The van der Waals surface area contributed by atoms with Gasteiger partial charge in [-0.3, -0.25) is 4.79 Å². The van der Waals surface area contributed by atoms with Gasteiger partial charge in [-0.15, -0.1) is 0 Å². The number of fused-ring (bicyclic) bond motifs is 1. The fourth-order valence-electron chi connectivity index (χ4n) is 3.45. The number of aryl methyl sites for hydroxylation is 1. The first-order chi connectivity index (χ1) is 14.8. The van der Waals surface area contributed by atoms with E-state index in [1.165, 1.54) is 0 Å². The first-order valence-corrected chi connectivity index (χ1v) is 10.5. The molecular formula is C25H29NO5. The molecule has 1 N–H and O–H groups in total. The summed E-state index contributed by atoms with van der Waals surface area (Å²) in [5.74, 6) is -0.785. The van der Waals surface area contributed by atoms with Gasteiger partial charge in [0.15, 0.2) is 6.10 Å². The number of ether oxygens (including phenoxy) is 2. The number of nitrogens with one attached hydrogen (secondary N) is 1. The zero-order valence-electron chi connectivity index (χ0n) is 18.7. The fourth-order valence-corrected chi connectivity index (χ4v) is 3.45. The minimum absolute atomic E-state index is 0.0630. The van der Waals surface area contributed by atoms with Gasteiger partial charge in [-0.05, 0) is 43.9 Å². The first-order valence-electron chi connectivity index (χ1n) is 10.5. The van der Waals surface area contributed by atoms with E-state index in [-0.39, 0.29) is 18.3 Å². The Morgan fingerprint density at radius 1 is 1.06 bits per heavy atom. The molecule has 1 amide bonds. The van der Waals surface area contributed by atoms with Crippen molar-refractivity contribution in [2.75, 3.05) is 11.9 Å². The normalized spacial score (nSPS) is 12.2. The molecule has 31 heavy (non-hydrogen) atoms. The van der Waals surface area contributed by atoms with Gasteiger partial charge in [0.05, 0.1) is 6.61 Å². The summed E-state index contributed by atoms with van der Waals surface area (Å²) in [5.41, 5.74) is 3.93. The van der Waals surface area contributed by atoms with Crippen LogP contribution < -0.4 is 5.32 Å². The Morgan fingerprint density at radius 2 is 1.81 bits per heavy atom. The second-order valence-corrected chi connectivity index (χ2v) is 7.77. The monoisotopic (exact) mass is 423 g/mol. The van der Waals surface area contributed by atoms with Crippen molar-refractivity contribution in [3.05, 3.63) is 64.9 Å². The van der Waals surface area contributed by atoms with Crippen molar-refractivity contribution in [1.29, 1.82) is 0 Å². The van der Waals surface area contributed by atoms with Crippen LogP contribution in [0.15, 0.2) is 46.9 Å². The van der Waals surface area contributed by atoms with Crippen molar-refractivity contribution in [2.24, 2.45) is 0 Å². The first kappa shape index (κ1) is 22.6. The van der Waals surface area contributed by atoms with E-state index < -0.39 is 18.0 Å². The van der Waals surface area contributed by atoms with Crippen LogP contribution >= 0.6 is 0 Å². The topological polar surface area (TPSA) is 77.8 Å². The van der Waals surface area contributed by atoms with Gasteiger partial charge in [0.1, 0.15) is 5.58 Å². The van der Waals surface area contributed by atoms with Gasteiger partial charge >= 0.3 is 5.97 Å². The van der Waals surface area contributed by atoms with Crippen molar-refractivity contribution >= 4 is 28.5 Å². The van der Waals surface area contributed by atoms with Gasteiger partial charge in [-0.2, -0.15) is 0 Å². The third kappa shape index (κ3) is 4.97. The van der Waals surface area contributed by atoms with Crippen LogP contribution in [0.5, 0.6) is 0 Å². The lowest BCUT2D eigenvalue weighted by molar-refractivity contribution is -0.123. The molecule has 6 heteroatoms. The third-order valence-corrected chi connectivity index (χ3v) is 5.16. The van der Waals surface area contributed by atoms with E-state index in [0.29, 0.717) is 17.8 Å². The maximum Gasteiger partial charge on any atom is 0.375 e. The number of rotatable bonds is 8. The maximum absolute atomic E-state index is 12.9. The van der Waals surface area contributed by atoms with Crippen LogP contribution in [0.25, 0.3) is 11.0 Å². The molecule has 0 bridgehead atoms. The second kappa shape index (κ2) is 9.79. The Labute approximate surface area is 182 Å². The lowest BCUT2D eigenvalue weighted by Crippen LogP contribution is -2.30. The molecule has 0 saturated carbocycles. The number of furan rings is 1. The Kier molecular flexibility index (Phi) is 7.13. The number of amides is 1. The predicted molar refractivity (Wildman–Crippen MR) is 120 cm³/mol. The molecule has 1 aromatic heterocycles. The lowest BCUT2D eigenvalue weighted by atomic mass is 9.98. The minimum atomic E-state index is -1.000. The van der Waals surface area contributed by atoms with Gasteiger partial charge in [0, 0.05) is 23.2 Å². The predicted octanol–water partition coefficient (Wildman–Crippen LogP) is 5.59. The number of esters is 1. The van der Waals surface area contributed by atoms with Crippen LogP contribution in [0.4, 0.5) is 5.69 Å². The van der Waals surface area contributed by atoms with Gasteiger partial charge in [-0.1, -0.05) is 50.2 Å². The SMILES string of the molecule is CCOCc1c(C(=O)O[C@@H](C)C(=O)Nc2c(C)cccc2C(C)C)oc2ccccc12. The molecule has 0 radical (unpaired) electrons. The van der Waals surface area contributed by atoms with E-state index in [9.17, 15) is 9.59 Å². The van der Waals surface area contributed by atoms with Gasteiger partial charge in [0.2, 0.25) is 5.76 Å². The van der Waals surface area contributed by atoms with Gasteiger partial charge in [-0.25, -0.2) is 4.79 Å². The molecule has 6 nitrogen and oxygen atoms in total. The number of hydrogen-bond donors (Lipinski definition) is 1. The fraction of sp³-hybridized carbons (Fsp3) is 0.360. The number of anilines is 1. The van der Waals surface area contributed by atoms with Crippen LogP contribution in [0.2, 0.25) is 0 Å². The lowest BCUT2D eigenvalue weighted by Gasteiger charge is -2.19. The molecular weight excluding hydrogens is 394 g/mol. The molecule has 0 spiro atoms. The van der Waals surface area contributed by atoms with Crippen molar-refractivity contribution in [3.8, 4) is 0 Å². The summed E-state index contributed by atoms with van der Waals surface area (Å²) in [6.07, 6.45) is -1.000. The molecule has 0 unspecified atom stereocenters. The molecule has 0 aliphatic heterocycles. The largest absolute Gasteiger partial charge is 0.449 e. The average molecular weight is 424 g/mol. The summed E-state index contributed by atoms with van der Waals surface area (Å²) in [6, 6.07) is 13.2. The number of para-hydroxylation sites is 2. The summed E-state index contributed by atoms with van der Waals surface area (Å²) < 4.78 is 16.7. The van der Waals surface area contributed by atoms with Gasteiger partial charge in [0.25, 0.3) is 5.91 Å². The molecule has 164 valence electrons. The van der Waals surface area contributed by atoms with Crippen LogP contribution in [-0.4, -0.2) is 24.6 Å². The van der Waals surface area contributed by atoms with Crippen LogP contribution in [-0.2, 0) is 20.9 Å². The molecule has 2 aromatic carbocycles. The smallest absolute Gasteiger partial charge is 0.375 e. The maximum atomic E-state index is 12.9. The highest BCUT2D eigenvalue weighted by Gasteiger charge is 2.26. The standard InChI is InChI=1S/C25H29NO5/c1-6-29-14-20-19-11-7-8-13-21(19)31-23(20)25(28)30-17(5)24(27)26-22-16(4)10-9-12-18(22)15(2)3/h7-13,15,17H,6,14H2,1-5H3,(H,26,27)/t17-/m0/s1. The van der Waals surface area contributed by atoms with Crippen LogP contribution in [0.3, 0.4) is 0 Å². The van der Waals surface area contributed by atoms with E-state index >= 15 is 0 Å². The Balaban J connectivity index is 1.79. The van der Waals surface area contributed by atoms with Crippen LogP contribution in [0, 0.1) is 6.92 Å². The zero-order valence-corrected chi connectivity index (χ0v) is 18.7. The van der Waals surface area contributed by atoms with E-state index in [1.54, 1.807) is 13.0 Å². The molecule has 0 fully saturated rings. The number of carbonyl (C=O) groups excluding carboxylic acids is 2. The minimum Gasteiger partial charge on any atom is -0.449 e. The second-order valence-electron chi connectivity index (χ2n) is 7.77. The van der Waals surface area contributed by atoms with E-state index in [0.717, 1.165) is 22.2 Å². The number of benzene rings is 2. The van der Waals surface area contributed by atoms with Crippen molar-refractivity contribution in [1.82, 2.24) is 0 Å². The highest BCUT2D eigenvalue weighted by Crippen LogP contribution is 2.29. The molecule has 0 saturated heterocycles. The van der Waals surface area contributed by atoms with Gasteiger partial charge < -0.3 is 19.2 Å². The van der Waals surface area contributed by atoms with Crippen molar-refractivity contribution in [2.45, 2.75) is 53.2 Å². The number of carbonyl (C=O) groups is 2. The summed E-state index contributed by atoms with van der Waals surface area (Å²) in [5, 5.41) is 3.71. The van der Waals surface area contributed by atoms with E-state index in [1.807, 2.05) is 50.2 Å². The third-order valence-electron chi connectivity index (χ3n) is 5.16. The Hall–Kier alpha value is -3.12. The molecule has 3 rings (SSSR count). The van der Waals surface area contributed by atoms with Crippen molar-refractivity contribution < 1.29 is 23.5 Å². The molecule has 3 aromatic rings. The highest BCUT2D eigenvalue weighted by atomic mass is 16.6. The summed E-state index contributed by atoms with van der Waals surface area (Å²) in [6.45, 7) is 10.2. The molecule has 0 aliphatic carbocycles. The highest BCUT2D eigenvalue weighted by molar-refractivity contribution is 6.00. The summed E-state index contributed by atoms with van der Waals surface area (Å²) >= 11 is 0. The molecule has 1 atom stereocenters.